The van der Waals surface area contributed by atoms with Crippen LogP contribution in [0, 0.1) is 0 Å². The quantitative estimate of drug-likeness (QED) is 0.808. The highest BCUT2D eigenvalue weighted by molar-refractivity contribution is 6.01. The lowest BCUT2D eigenvalue weighted by Crippen LogP contribution is -2.45. The maximum absolute atomic E-state index is 13.0. The van der Waals surface area contributed by atoms with Gasteiger partial charge in [0.1, 0.15) is 5.75 Å². The Balaban J connectivity index is 1.95. The number of nitrogens with zero attached hydrogens (tertiary/aromatic N) is 2. The number of benzene rings is 1. The van der Waals surface area contributed by atoms with Crippen LogP contribution in [0.1, 0.15) is 37.8 Å². The summed E-state index contributed by atoms with van der Waals surface area (Å²) < 4.78 is 5.44. The Kier molecular flexibility index (Phi) is 4.97. The van der Waals surface area contributed by atoms with Gasteiger partial charge in [0, 0.05) is 19.2 Å². The fraction of sp³-hybridized carbons (Fsp3) is 0.474. The van der Waals surface area contributed by atoms with Crippen molar-refractivity contribution in [3.8, 4) is 5.75 Å². The summed E-state index contributed by atoms with van der Waals surface area (Å²) in [6, 6.07) is 6.84. The van der Waals surface area contributed by atoms with Crippen molar-refractivity contribution < 1.29 is 14.3 Å². The van der Waals surface area contributed by atoms with Gasteiger partial charge < -0.3 is 15.0 Å². The summed E-state index contributed by atoms with van der Waals surface area (Å²) in [5.74, 6) is 0.676. The number of likely N-dealkylation sites (N-methyl/N-ethyl adjacent to an activating group) is 1. The number of ether oxygens (including phenoxy) is 1. The molecule has 0 aliphatic carbocycles. The number of carbonyl (C=O) groups excluding carboxylic acids is 2. The minimum Gasteiger partial charge on any atom is -0.496 e. The molecule has 0 fully saturated rings. The number of nitrogens with one attached hydrogen (secondary N) is 1. The van der Waals surface area contributed by atoms with Crippen LogP contribution in [0.5, 0.6) is 5.75 Å². The zero-order valence-electron chi connectivity index (χ0n) is 15.0. The van der Waals surface area contributed by atoms with Gasteiger partial charge in [-0.15, -0.1) is 0 Å². The van der Waals surface area contributed by atoms with Crippen LogP contribution in [-0.2, 0) is 4.79 Å². The first-order valence-corrected chi connectivity index (χ1v) is 8.78. The van der Waals surface area contributed by atoms with Crippen LogP contribution in [0.3, 0.4) is 0 Å². The first kappa shape index (κ1) is 17.3. The number of rotatable bonds is 6. The third kappa shape index (κ3) is 3.08. The number of urea groups is 1. The molecule has 2 aliphatic heterocycles. The van der Waals surface area contributed by atoms with Gasteiger partial charge in [-0.2, -0.15) is 0 Å². The van der Waals surface area contributed by atoms with Gasteiger partial charge in [-0.25, -0.2) is 4.79 Å². The lowest BCUT2D eigenvalue weighted by molar-refractivity contribution is -0.125. The maximum Gasteiger partial charge on any atom is 0.322 e. The smallest absolute Gasteiger partial charge is 0.322 e. The third-order valence-corrected chi connectivity index (χ3v) is 4.92. The topological polar surface area (TPSA) is 61.9 Å². The van der Waals surface area contributed by atoms with Crippen LogP contribution in [0.4, 0.5) is 4.79 Å². The van der Waals surface area contributed by atoms with Crippen LogP contribution >= 0.6 is 0 Å². The van der Waals surface area contributed by atoms with E-state index in [1.807, 2.05) is 29.2 Å². The van der Waals surface area contributed by atoms with Crippen LogP contribution in [0.25, 0.3) is 0 Å². The normalized spacial score (nSPS) is 20.0. The van der Waals surface area contributed by atoms with Gasteiger partial charge in [0.2, 0.25) is 0 Å². The molecule has 0 radical (unpaired) electrons. The summed E-state index contributed by atoms with van der Waals surface area (Å²) in [5.41, 5.74) is 2.26. The van der Waals surface area contributed by atoms with E-state index in [4.69, 9.17) is 4.74 Å². The third-order valence-electron chi connectivity index (χ3n) is 4.92. The lowest BCUT2D eigenvalue weighted by Gasteiger charge is -2.31. The van der Waals surface area contributed by atoms with E-state index in [1.54, 1.807) is 19.1 Å². The maximum atomic E-state index is 13.0. The molecule has 6 nitrogen and oxygen atoms in total. The van der Waals surface area contributed by atoms with Crippen LogP contribution < -0.4 is 10.1 Å². The van der Waals surface area contributed by atoms with E-state index >= 15 is 0 Å². The zero-order valence-corrected chi connectivity index (χ0v) is 15.0. The van der Waals surface area contributed by atoms with Gasteiger partial charge >= 0.3 is 6.03 Å². The predicted molar refractivity (Wildman–Crippen MR) is 95.2 cm³/mol. The Morgan fingerprint density at radius 2 is 2.00 bits per heavy atom. The van der Waals surface area contributed by atoms with E-state index in [1.165, 1.54) is 0 Å². The summed E-state index contributed by atoms with van der Waals surface area (Å²) in [6.45, 7) is 3.36. The van der Waals surface area contributed by atoms with Gasteiger partial charge in [-0.05, 0) is 12.5 Å². The second-order valence-electron chi connectivity index (χ2n) is 6.48. The Morgan fingerprint density at radius 3 is 2.72 bits per heavy atom. The SMILES string of the molecule is CCCCCN1CC2=C(C1=O)[C@@H](c1ccccc1OC)NC(=O)N2C. The average Bonchev–Trinajstić information content (AvgIpc) is 2.95. The highest BCUT2D eigenvalue weighted by Crippen LogP contribution is 2.38. The first-order valence-electron chi connectivity index (χ1n) is 8.78. The second-order valence-corrected chi connectivity index (χ2v) is 6.48. The molecule has 1 aromatic rings. The number of para-hydroxylation sites is 1. The molecule has 1 aromatic carbocycles. The van der Waals surface area contributed by atoms with Crippen molar-refractivity contribution in [1.82, 2.24) is 15.1 Å². The largest absolute Gasteiger partial charge is 0.496 e. The molecular formula is C19H25N3O3. The molecule has 1 N–H and O–H groups in total. The Labute approximate surface area is 148 Å². The van der Waals surface area contributed by atoms with E-state index in [9.17, 15) is 9.59 Å². The van der Waals surface area contributed by atoms with E-state index in [0.29, 0.717) is 17.9 Å². The molecule has 0 saturated heterocycles. The molecule has 0 unspecified atom stereocenters. The van der Waals surface area contributed by atoms with Crippen LogP contribution in [-0.4, -0.2) is 49.0 Å². The van der Waals surface area contributed by atoms with Crippen molar-refractivity contribution in [1.29, 1.82) is 0 Å². The van der Waals surface area contributed by atoms with Gasteiger partial charge in [-0.1, -0.05) is 38.0 Å². The molecule has 0 saturated carbocycles. The molecule has 2 heterocycles. The van der Waals surface area contributed by atoms with Crippen molar-refractivity contribution in [2.45, 2.75) is 32.2 Å². The molecule has 3 rings (SSSR count). The highest BCUT2D eigenvalue weighted by Gasteiger charge is 2.43. The molecule has 25 heavy (non-hydrogen) atoms. The summed E-state index contributed by atoms with van der Waals surface area (Å²) >= 11 is 0. The lowest BCUT2D eigenvalue weighted by atomic mass is 9.95. The van der Waals surface area contributed by atoms with Gasteiger partial charge in [0.15, 0.2) is 0 Å². The van der Waals surface area contributed by atoms with E-state index in [0.717, 1.165) is 37.1 Å². The van der Waals surface area contributed by atoms with Crippen LogP contribution in [0.2, 0.25) is 0 Å². The van der Waals surface area contributed by atoms with Crippen LogP contribution in [0.15, 0.2) is 35.5 Å². The van der Waals surface area contributed by atoms with E-state index in [2.05, 4.69) is 12.2 Å². The van der Waals surface area contributed by atoms with Crippen molar-refractivity contribution in [2.24, 2.45) is 0 Å². The number of hydrogen-bond acceptors (Lipinski definition) is 3. The van der Waals surface area contributed by atoms with Crippen molar-refractivity contribution in [2.75, 3.05) is 27.2 Å². The Hall–Kier alpha value is -2.50. The summed E-state index contributed by atoms with van der Waals surface area (Å²) in [4.78, 5) is 28.8. The minimum atomic E-state index is -0.474. The highest BCUT2D eigenvalue weighted by atomic mass is 16.5. The molecule has 2 aliphatic rings. The second kappa shape index (κ2) is 7.17. The molecule has 6 heteroatoms. The molecule has 3 amide bonds. The van der Waals surface area contributed by atoms with Gasteiger partial charge in [0.25, 0.3) is 5.91 Å². The number of unbranched alkanes of at least 4 members (excludes halogenated alkanes) is 2. The average molecular weight is 343 g/mol. The monoisotopic (exact) mass is 343 g/mol. The van der Waals surface area contributed by atoms with E-state index in [-0.39, 0.29) is 11.9 Å². The minimum absolute atomic E-state index is 0.00820. The predicted octanol–water partition coefficient (Wildman–Crippen LogP) is 2.68. The number of methoxy groups -OCH3 is 1. The standard InChI is InChI=1S/C19H25N3O3/c1-4-5-8-11-22-12-14-16(18(22)23)17(20-19(24)21(14)2)13-9-6-7-10-15(13)25-3/h6-7,9-10,17H,4-5,8,11-12H2,1-3H3,(H,20,24)/t17-/m1/s1. The van der Waals surface area contributed by atoms with E-state index < -0.39 is 6.04 Å². The Bertz CT molecular complexity index is 714. The summed E-state index contributed by atoms with van der Waals surface area (Å²) in [6.07, 6.45) is 3.18. The zero-order chi connectivity index (χ0) is 18.0. The number of carbonyl (C=O) groups is 2. The molecule has 134 valence electrons. The molecule has 1 atom stereocenters. The molecule has 0 bridgehead atoms. The Morgan fingerprint density at radius 1 is 1.24 bits per heavy atom. The first-order chi connectivity index (χ1) is 12.1. The summed E-state index contributed by atoms with van der Waals surface area (Å²) in [7, 11) is 3.31. The van der Waals surface area contributed by atoms with Crippen molar-refractivity contribution >= 4 is 11.9 Å². The summed E-state index contributed by atoms with van der Waals surface area (Å²) in [5, 5.41) is 2.95. The van der Waals surface area contributed by atoms with Gasteiger partial charge in [0.05, 0.1) is 31.0 Å². The fourth-order valence-electron chi connectivity index (χ4n) is 3.49. The molecule has 0 spiro atoms. The molecular weight excluding hydrogens is 318 g/mol. The number of amides is 3. The fourth-order valence-corrected chi connectivity index (χ4v) is 3.49. The van der Waals surface area contributed by atoms with Gasteiger partial charge in [-0.3, -0.25) is 9.69 Å². The molecule has 0 aromatic heterocycles. The van der Waals surface area contributed by atoms with Crippen molar-refractivity contribution in [3.05, 3.63) is 41.1 Å². The number of hydrogen-bond donors (Lipinski definition) is 1. The van der Waals surface area contributed by atoms with Crippen molar-refractivity contribution in [3.63, 3.8) is 0 Å².